The van der Waals surface area contributed by atoms with Crippen molar-refractivity contribution in [3.05, 3.63) is 52.2 Å². The van der Waals surface area contributed by atoms with Gasteiger partial charge in [-0.05, 0) is 48.9 Å². The summed E-state index contributed by atoms with van der Waals surface area (Å²) in [6, 6.07) is 12.4. The Hall–Kier alpha value is -1.32. The molecule has 0 saturated carbocycles. The predicted octanol–water partition coefficient (Wildman–Crippen LogP) is 3.78. The number of nitrogens with two attached hydrogens (primary N) is 1. The fourth-order valence-corrected chi connectivity index (χ4v) is 2.65. The Kier molecular flexibility index (Phi) is 4.79. The molecule has 2 nitrogen and oxygen atoms in total. The molecule has 1 atom stereocenters. The molecule has 18 heavy (non-hydrogen) atoms. The third-order valence-corrected chi connectivity index (χ3v) is 3.82. The zero-order valence-electron chi connectivity index (χ0n) is 10.6. The average Bonchev–Trinajstić information content (AvgIpc) is 2.90. The fourth-order valence-electron chi connectivity index (χ4n) is 1.92. The lowest BCUT2D eigenvalue weighted by molar-refractivity contribution is 0.339. The molecule has 1 aromatic heterocycles. The van der Waals surface area contributed by atoms with Crippen molar-refractivity contribution in [2.45, 2.75) is 25.8 Å². The van der Waals surface area contributed by atoms with E-state index in [9.17, 15) is 0 Å². The van der Waals surface area contributed by atoms with Gasteiger partial charge in [-0.25, -0.2) is 0 Å². The van der Waals surface area contributed by atoms with E-state index in [-0.39, 0.29) is 6.04 Å². The van der Waals surface area contributed by atoms with Gasteiger partial charge in [0.2, 0.25) is 0 Å². The highest BCUT2D eigenvalue weighted by Gasteiger charge is 2.07. The molecule has 0 saturated heterocycles. The second-order valence-corrected chi connectivity index (χ2v) is 5.26. The Bertz CT molecular complexity index is 467. The Labute approximate surface area is 112 Å². The van der Waals surface area contributed by atoms with Gasteiger partial charge in [0.25, 0.3) is 0 Å². The molecule has 0 aliphatic carbocycles. The highest BCUT2D eigenvalue weighted by atomic mass is 32.1. The number of hydrogen-bond donors (Lipinski definition) is 1. The number of benzene rings is 1. The summed E-state index contributed by atoms with van der Waals surface area (Å²) in [7, 11) is 0. The van der Waals surface area contributed by atoms with Gasteiger partial charge in [-0.1, -0.05) is 18.2 Å². The van der Waals surface area contributed by atoms with E-state index in [0.717, 1.165) is 24.2 Å². The Morgan fingerprint density at radius 2 is 2.17 bits per heavy atom. The Morgan fingerprint density at radius 3 is 2.89 bits per heavy atom. The second-order valence-electron chi connectivity index (χ2n) is 4.23. The first kappa shape index (κ1) is 13.1. The van der Waals surface area contributed by atoms with Gasteiger partial charge in [-0.3, -0.25) is 0 Å². The van der Waals surface area contributed by atoms with Crippen molar-refractivity contribution >= 4 is 11.3 Å². The Balaban J connectivity index is 1.95. The summed E-state index contributed by atoms with van der Waals surface area (Å²) >= 11 is 1.79. The maximum absolute atomic E-state index is 6.23. The summed E-state index contributed by atoms with van der Waals surface area (Å²) in [5.74, 6) is 0.904. The second kappa shape index (κ2) is 6.57. The van der Waals surface area contributed by atoms with E-state index in [1.54, 1.807) is 11.3 Å². The molecule has 0 amide bonds. The van der Waals surface area contributed by atoms with E-state index in [1.807, 2.05) is 25.1 Å². The van der Waals surface area contributed by atoms with Crippen LogP contribution < -0.4 is 10.5 Å². The zero-order valence-corrected chi connectivity index (χ0v) is 11.5. The number of rotatable bonds is 6. The van der Waals surface area contributed by atoms with E-state index in [1.165, 1.54) is 4.88 Å². The number of thiophene rings is 1. The minimum absolute atomic E-state index is 0.0764. The SMILES string of the molecule is CCOc1cccc(C(N)CCc2cccs2)c1. The molecule has 1 aromatic carbocycles. The fraction of sp³-hybridized carbons (Fsp3) is 0.333. The van der Waals surface area contributed by atoms with Gasteiger partial charge in [-0.2, -0.15) is 0 Å². The summed E-state index contributed by atoms with van der Waals surface area (Å²) in [6.07, 6.45) is 2.01. The van der Waals surface area contributed by atoms with Gasteiger partial charge in [0.05, 0.1) is 6.61 Å². The highest BCUT2D eigenvalue weighted by Crippen LogP contribution is 2.22. The quantitative estimate of drug-likeness (QED) is 0.859. The highest BCUT2D eigenvalue weighted by molar-refractivity contribution is 7.09. The van der Waals surface area contributed by atoms with Crippen LogP contribution in [0.5, 0.6) is 5.75 Å². The van der Waals surface area contributed by atoms with Crippen LogP contribution in [0.1, 0.15) is 29.8 Å². The maximum Gasteiger partial charge on any atom is 0.119 e. The summed E-state index contributed by atoms with van der Waals surface area (Å²) < 4.78 is 5.49. The van der Waals surface area contributed by atoms with Crippen molar-refractivity contribution < 1.29 is 4.74 Å². The number of hydrogen-bond acceptors (Lipinski definition) is 3. The van der Waals surface area contributed by atoms with Crippen molar-refractivity contribution in [2.24, 2.45) is 5.73 Å². The third kappa shape index (κ3) is 3.59. The lowest BCUT2D eigenvalue weighted by Gasteiger charge is -2.13. The number of ether oxygens (including phenoxy) is 1. The Morgan fingerprint density at radius 1 is 1.28 bits per heavy atom. The van der Waals surface area contributed by atoms with Gasteiger partial charge < -0.3 is 10.5 Å². The van der Waals surface area contributed by atoms with Crippen LogP contribution in [0.15, 0.2) is 41.8 Å². The summed E-state index contributed by atoms with van der Waals surface area (Å²) in [5.41, 5.74) is 7.38. The van der Waals surface area contributed by atoms with Crippen LogP contribution in [0.25, 0.3) is 0 Å². The van der Waals surface area contributed by atoms with Crippen molar-refractivity contribution in [3.63, 3.8) is 0 Å². The van der Waals surface area contributed by atoms with Crippen LogP contribution in [0.4, 0.5) is 0 Å². The molecule has 0 fully saturated rings. The van der Waals surface area contributed by atoms with Crippen molar-refractivity contribution in [1.29, 1.82) is 0 Å². The molecule has 0 aliphatic rings. The molecule has 1 unspecified atom stereocenters. The van der Waals surface area contributed by atoms with Crippen LogP contribution in [0, 0.1) is 0 Å². The van der Waals surface area contributed by atoms with Crippen molar-refractivity contribution in [1.82, 2.24) is 0 Å². The van der Waals surface area contributed by atoms with Gasteiger partial charge in [0.15, 0.2) is 0 Å². The van der Waals surface area contributed by atoms with Gasteiger partial charge in [0, 0.05) is 10.9 Å². The molecule has 96 valence electrons. The van der Waals surface area contributed by atoms with E-state index in [2.05, 4.69) is 23.6 Å². The smallest absolute Gasteiger partial charge is 0.119 e. The molecule has 2 aromatic rings. The molecule has 0 spiro atoms. The standard InChI is InChI=1S/C15H19NOS/c1-2-17-13-6-3-5-12(11-13)15(16)9-8-14-7-4-10-18-14/h3-7,10-11,15H,2,8-9,16H2,1H3. The van der Waals surface area contributed by atoms with E-state index >= 15 is 0 Å². The normalized spacial score (nSPS) is 12.3. The minimum atomic E-state index is 0.0764. The van der Waals surface area contributed by atoms with Crippen LogP contribution in [-0.4, -0.2) is 6.61 Å². The summed E-state index contributed by atoms with van der Waals surface area (Å²) in [6.45, 7) is 2.68. The van der Waals surface area contributed by atoms with E-state index in [0.29, 0.717) is 6.61 Å². The number of aryl methyl sites for hydroxylation is 1. The first-order valence-corrected chi connectivity index (χ1v) is 7.18. The summed E-state index contributed by atoms with van der Waals surface area (Å²) in [4.78, 5) is 1.39. The largest absolute Gasteiger partial charge is 0.494 e. The third-order valence-electron chi connectivity index (χ3n) is 2.88. The molecular weight excluding hydrogens is 242 g/mol. The lowest BCUT2D eigenvalue weighted by Crippen LogP contribution is -2.11. The molecule has 2 rings (SSSR count). The van der Waals surface area contributed by atoms with Crippen LogP contribution >= 0.6 is 11.3 Å². The first-order valence-electron chi connectivity index (χ1n) is 6.30. The predicted molar refractivity (Wildman–Crippen MR) is 77.2 cm³/mol. The lowest BCUT2D eigenvalue weighted by atomic mass is 10.0. The van der Waals surface area contributed by atoms with Gasteiger partial charge in [0.1, 0.15) is 5.75 Å². The molecule has 0 radical (unpaired) electrons. The summed E-state index contributed by atoms with van der Waals surface area (Å²) in [5, 5.41) is 2.11. The monoisotopic (exact) mass is 261 g/mol. The van der Waals surface area contributed by atoms with E-state index in [4.69, 9.17) is 10.5 Å². The molecule has 0 bridgehead atoms. The minimum Gasteiger partial charge on any atom is -0.494 e. The average molecular weight is 261 g/mol. The maximum atomic E-state index is 6.23. The van der Waals surface area contributed by atoms with Gasteiger partial charge >= 0.3 is 0 Å². The molecule has 0 aliphatic heterocycles. The van der Waals surface area contributed by atoms with Crippen molar-refractivity contribution in [3.8, 4) is 5.75 Å². The van der Waals surface area contributed by atoms with Crippen LogP contribution in [0.3, 0.4) is 0 Å². The molecular formula is C15H19NOS. The van der Waals surface area contributed by atoms with Gasteiger partial charge in [-0.15, -0.1) is 11.3 Å². The zero-order chi connectivity index (χ0) is 12.8. The first-order chi connectivity index (χ1) is 8.79. The van der Waals surface area contributed by atoms with Crippen LogP contribution in [0.2, 0.25) is 0 Å². The topological polar surface area (TPSA) is 35.2 Å². The molecule has 2 N–H and O–H groups in total. The molecule has 3 heteroatoms. The van der Waals surface area contributed by atoms with Crippen LogP contribution in [-0.2, 0) is 6.42 Å². The molecule has 1 heterocycles. The van der Waals surface area contributed by atoms with Crippen molar-refractivity contribution in [2.75, 3.05) is 6.61 Å². The van der Waals surface area contributed by atoms with E-state index < -0.39 is 0 Å².